The van der Waals surface area contributed by atoms with Gasteiger partial charge in [0.1, 0.15) is 12.4 Å². The molecule has 1 amide bonds. The molecule has 0 atom stereocenters. The fourth-order valence-electron chi connectivity index (χ4n) is 2.41. The number of hydrogen-bond donors (Lipinski definition) is 1. The lowest BCUT2D eigenvalue weighted by atomic mass is 10.1. The van der Waals surface area contributed by atoms with Crippen molar-refractivity contribution in [1.29, 1.82) is 0 Å². The second kappa shape index (κ2) is 11.3. The Balaban J connectivity index is 0.00000312. The first kappa shape index (κ1) is 20.7. The predicted octanol–water partition coefficient (Wildman–Crippen LogP) is 3.32. The highest BCUT2D eigenvalue weighted by Crippen LogP contribution is 2.14. The first-order chi connectivity index (χ1) is 11.7. The zero-order valence-corrected chi connectivity index (χ0v) is 15.1. The molecule has 0 saturated carbocycles. The summed E-state index contributed by atoms with van der Waals surface area (Å²) in [6.45, 7) is 5.70. The van der Waals surface area contributed by atoms with Crippen LogP contribution in [0.4, 0.5) is 0 Å². The minimum absolute atomic E-state index is 0. The molecule has 25 heavy (non-hydrogen) atoms. The molecule has 0 bridgehead atoms. The van der Waals surface area contributed by atoms with Gasteiger partial charge in [-0.15, -0.1) is 12.4 Å². The highest BCUT2D eigenvalue weighted by Gasteiger charge is 2.15. The highest BCUT2D eigenvalue weighted by molar-refractivity contribution is 5.94. The second-order valence-corrected chi connectivity index (χ2v) is 5.44. The number of benzene rings is 2. The summed E-state index contributed by atoms with van der Waals surface area (Å²) in [4.78, 5) is 14.5. The number of halogens is 1. The molecular formula is C20H25ClN2O2. The van der Waals surface area contributed by atoms with Crippen LogP contribution in [0.25, 0.3) is 0 Å². The fourth-order valence-corrected chi connectivity index (χ4v) is 2.41. The Hall–Kier alpha value is -2.30. The van der Waals surface area contributed by atoms with Gasteiger partial charge in [0.05, 0.1) is 0 Å². The SMILES string of the molecule is C=CCOc1ccc(C(=O)N(CCN)CCc2ccccc2)cc1.Cl. The minimum atomic E-state index is -0.00773. The predicted molar refractivity (Wildman–Crippen MR) is 104 cm³/mol. The molecule has 134 valence electrons. The summed E-state index contributed by atoms with van der Waals surface area (Å²) in [6.07, 6.45) is 2.50. The van der Waals surface area contributed by atoms with Crippen molar-refractivity contribution in [3.05, 3.63) is 78.4 Å². The van der Waals surface area contributed by atoms with Crippen molar-refractivity contribution in [1.82, 2.24) is 4.90 Å². The van der Waals surface area contributed by atoms with Crippen LogP contribution in [0.2, 0.25) is 0 Å². The Labute approximate surface area is 155 Å². The Kier molecular flexibility index (Phi) is 9.37. The van der Waals surface area contributed by atoms with E-state index in [1.807, 2.05) is 18.2 Å². The van der Waals surface area contributed by atoms with Crippen molar-refractivity contribution in [2.45, 2.75) is 6.42 Å². The van der Waals surface area contributed by atoms with E-state index in [1.165, 1.54) is 5.56 Å². The van der Waals surface area contributed by atoms with Crippen LogP contribution in [0.5, 0.6) is 5.75 Å². The zero-order chi connectivity index (χ0) is 17.2. The van der Waals surface area contributed by atoms with E-state index in [1.54, 1.807) is 35.2 Å². The Morgan fingerprint density at radius 2 is 1.76 bits per heavy atom. The summed E-state index contributed by atoms with van der Waals surface area (Å²) >= 11 is 0. The third kappa shape index (κ3) is 6.61. The molecule has 0 heterocycles. The van der Waals surface area contributed by atoms with E-state index >= 15 is 0 Å². The highest BCUT2D eigenvalue weighted by atomic mass is 35.5. The molecule has 0 aliphatic rings. The zero-order valence-electron chi connectivity index (χ0n) is 14.3. The van der Waals surface area contributed by atoms with Crippen LogP contribution in [0.1, 0.15) is 15.9 Å². The van der Waals surface area contributed by atoms with Crippen molar-refractivity contribution < 1.29 is 9.53 Å². The van der Waals surface area contributed by atoms with Gasteiger partial charge < -0.3 is 15.4 Å². The van der Waals surface area contributed by atoms with Gasteiger partial charge in [-0.05, 0) is 36.2 Å². The average Bonchev–Trinajstić information content (AvgIpc) is 2.64. The van der Waals surface area contributed by atoms with Gasteiger partial charge in [-0.1, -0.05) is 43.0 Å². The molecular weight excluding hydrogens is 336 g/mol. The van der Waals surface area contributed by atoms with E-state index in [2.05, 4.69) is 18.7 Å². The van der Waals surface area contributed by atoms with E-state index in [0.29, 0.717) is 31.8 Å². The smallest absolute Gasteiger partial charge is 0.253 e. The van der Waals surface area contributed by atoms with Gasteiger partial charge in [0.15, 0.2) is 0 Å². The average molecular weight is 361 g/mol. The summed E-state index contributed by atoms with van der Waals surface area (Å²) in [5.41, 5.74) is 7.52. The number of ether oxygens (including phenoxy) is 1. The van der Waals surface area contributed by atoms with Crippen molar-refractivity contribution in [3.8, 4) is 5.75 Å². The molecule has 0 saturated heterocycles. The number of carbonyl (C=O) groups is 1. The van der Waals surface area contributed by atoms with Crippen LogP contribution >= 0.6 is 12.4 Å². The molecule has 2 N–H and O–H groups in total. The van der Waals surface area contributed by atoms with Crippen LogP contribution in [-0.4, -0.2) is 37.0 Å². The molecule has 0 unspecified atom stereocenters. The first-order valence-corrected chi connectivity index (χ1v) is 8.11. The van der Waals surface area contributed by atoms with E-state index in [9.17, 15) is 4.79 Å². The number of hydrogen-bond acceptors (Lipinski definition) is 3. The van der Waals surface area contributed by atoms with Crippen molar-refractivity contribution in [2.24, 2.45) is 5.73 Å². The number of carbonyl (C=O) groups excluding carboxylic acids is 1. The maximum Gasteiger partial charge on any atom is 0.253 e. The van der Waals surface area contributed by atoms with E-state index in [0.717, 1.165) is 12.2 Å². The quantitative estimate of drug-likeness (QED) is 0.698. The van der Waals surface area contributed by atoms with Crippen LogP contribution in [0.3, 0.4) is 0 Å². The van der Waals surface area contributed by atoms with Crippen molar-refractivity contribution in [3.63, 3.8) is 0 Å². The summed E-state index contributed by atoms with van der Waals surface area (Å²) < 4.78 is 5.44. The van der Waals surface area contributed by atoms with Crippen molar-refractivity contribution >= 4 is 18.3 Å². The van der Waals surface area contributed by atoms with Crippen LogP contribution in [0.15, 0.2) is 67.3 Å². The van der Waals surface area contributed by atoms with Gasteiger partial charge in [-0.25, -0.2) is 0 Å². The Bertz CT molecular complexity index is 645. The Morgan fingerprint density at radius 3 is 2.36 bits per heavy atom. The molecule has 2 rings (SSSR count). The topological polar surface area (TPSA) is 55.6 Å². The van der Waals surface area contributed by atoms with Gasteiger partial charge >= 0.3 is 0 Å². The first-order valence-electron chi connectivity index (χ1n) is 8.11. The molecule has 2 aromatic rings. The van der Waals surface area contributed by atoms with E-state index in [-0.39, 0.29) is 18.3 Å². The lowest BCUT2D eigenvalue weighted by molar-refractivity contribution is 0.0762. The molecule has 0 aliphatic heterocycles. The lowest BCUT2D eigenvalue weighted by Gasteiger charge is -2.22. The number of nitrogens with zero attached hydrogens (tertiary/aromatic N) is 1. The number of nitrogens with two attached hydrogens (primary N) is 1. The molecule has 0 radical (unpaired) electrons. The largest absolute Gasteiger partial charge is 0.490 e. The molecule has 5 heteroatoms. The second-order valence-electron chi connectivity index (χ2n) is 5.44. The monoisotopic (exact) mass is 360 g/mol. The maximum absolute atomic E-state index is 12.7. The summed E-state index contributed by atoms with van der Waals surface area (Å²) in [6, 6.07) is 17.3. The molecule has 0 aromatic heterocycles. The standard InChI is InChI=1S/C20H24N2O2.ClH/c1-2-16-24-19-10-8-18(9-11-19)20(23)22(15-13-21)14-12-17-6-4-3-5-7-17;/h2-11H,1,12-16,21H2;1H. The number of amides is 1. The molecule has 0 spiro atoms. The Morgan fingerprint density at radius 1 is 1.08 bits per heavy atom. The van der Waals surface area contributed by atoms with Gasteiger partial charge in [0.25, 0.3) is 5.91 Å². The van der Waals surface area contributed by atoms with Gasteiger partial charge in [-0.2, -0.15) is 0 Å². The molecule has 2 aromatic carbocycles. The summed E-state index contributed by atoms with van der Waals surface area (Å²) in [5, 5.41) is 0. The van der Waals surface area contributed by atoms with Crippen molar-refractivity contribution in [2.75, 3.05) is 26.2 Å². The molecule has 0 aliphatic carbocycles. The minimum Gasteiger partial charge on any atom is -0.490 e. The normalized spacial score (nSPS) is 9.80. The van der Waals surface area contributed by atoms with E-state index in [4.69, 9.17) is 10.5 Å². The molecule has 0 fully saturated rings. The third-order valence-corrected chi connectivity index (χ3v) is 3.67. The van der Waals surface area contributed by atoms with Gasteiger partial charge in [-0.3, -0.25) is 4.79 Å². The number of rotatable bonds is 9. The van der Waals surface area contributed by atoms with Crippen LogP contribution < -0.4 is 10.5 Å². The van der Waals surface area contributed by atoms with Crippen LogP contribution in [-0.2, 0) is 6.42 Å². The summed E-state index contributed by atoms with van der Waals surface area (Å²) in [7, 11) is 0. The molecule has 4 nitrogen and oxygen atoms in total. The lowest BCUT2D eigenvalue weighted by Crippen LogP contribution is -2.36. The van der Waals surface area contributed by atoms with Gasteiger partial charge in [0, 0.05) is 25.2 Å². The third-order valence-electron chi connectivity index (χ3n) is 3.67. The van der Waals surface area contributed by atoms with Gasteiger partial charge in [0.2, 0.25) is 0 Å². The fraction of sp³-hybridized carbons (Fsp3) is 0.250. The maximum atomic E-state index is 12.7. The summed E-state index contributed by atoms with van der Waals surface area (Å²) in [5.74, 6) is 0.716. The van der Waals surface area contributed by atoms with E-state index < -0.39 is 0 Å². The van der Waals surface area contributed by atoms with Crippen LogP contribution in [0, 0.1) is 0 Å².